The predicted octanol–water partition coefficient (Wildman–Crippen LogP) is 2.62. The van der Waals surface area contributed by atoms with E-state index in [4.69, 9.17) is 4.42 Å². The Hall–Kier alpha value is -2.10. The summed E-state index contributed by atoms with van der Waals surface area (Å²) in [6.07, 6.45) is 0. The summed E-state index contributed by atoms with van der Waals surface area (Å²) in [6.45, 7) is 7.58. The number of carbonyl (C=O) groups is 1. The van der Waals surface area contributed by atoms with Crippen molar-refractivity contribution in [3.05, 3.63) is 53.2 Å². The van der Waals surface area contributed by atoms with Crippen LogP contribution in [-0.2, 0) is 17.9 Å². The fourth-order valence-corrected chi connectivity index (χ4v) is 2.45. The molecule has 0 unspecified atom stereocenters. The van der Waals surface area contributed by atoms with Gasteiger partial charge in [0.25, 0.3) is 0 Å². The number of aliphatic imine (C=N–C) groups is 1. The monoisotopic (exact) mass is 485 g/mol. The fraction of sp³-hybridized carbons (Fsp3) is 0.421. The molecule has 8 heteroatoms. The summed E-state index contributed by atoms with van der Waals surface area (Å²) in [7, 11) is 1.66. The molecule has 0 spiro atoms. The maximum atomic E-state index is 12.5. The Labute approximate surface area is 177 Å². The number of nitrogens with one attached hydrogen (secondary N) is 2. The van der Waals surface area contributed by atoms with E-state index >= 15 is 0 Å². The summed E-state index contributed by atoms with van der Waals surface area (Å²) in [4.78, 5) is 22.7. The van der Waals surface area contributed by atoms with Crippen LogP contribution in [0.1, 0.15) is 29.8 Å². The SMILES string of the molecule is CCN(Cc1ccccc1)C(=O)CNC(=NC)NCc1nc(C)c(C)o1.I. The molecule has 0 aliphatic rings. The number of likely N-dealkylation sites (N-methyl/N-ethyl adjacent to an activating group) is 1. The molecule has 0 saturated carbocycles. The molecule has 2 aromatic rings. The van der Waals surface area contributed by atoms with E-state index in [1.165, 1.54) is 0 Å². The number of nitrogens with zero attached hydrogens (tertiary/aromatic N) is 3. The molecular weight excluding hydrogens is 457 g/mol. The van der Waals surface area contributed by atoms with Crippen molar-refractivity contribution >= 4 is 35.8 Å². The van der Waals surface area contributed by atoms with Gasteiger partial charge < -0.3 is 20.0 Å². The topological polar surface area (TPSA) is 82.8 Å². The molecule has 2 N–H and O–H groups in total. The third-order valence-corrected chi connectivity index (χ3v) is 4.06. The molecule has 0 aliphatic heterocycles. The van der Waals surface area contributed by atoms with Crippen LogP contribution in [0, 0.1) is 13.8 Å². The number of hydrogen-bond donors (Lipinski definition) is 2. The van der Waals surface area contributed by atoms with Gasteiger partial charge in [0, 0.05) is 20.1 Å². The zero-order chi connectivity index (χ0) is 18.9. The van der Waals surface area contributed by atoms with Crippen molar-refractivity contribution in [3.63, 3.8) is 0 Å². The first-order valence-electron chi connectivity index (χ1n) is 8.72. The Kier molecular flexibility index (Phi) is 9.84. The Balaban J connectivity index is 0.00000364. The lowest BCUT2D eigenvalue weighted by Gasteiger charge is -2.22. The van der Waals surface area contributed by atoms with Crippen molar-refractivity contribution in [1.82, 2.24) is 20.5 Å². The van der Waals surface area contributed by atoms with Gasteiger partial charge in [0.15, 0.2) is 5.96 Å². The van der Waals surface area contributed by atoms with Crippen LogP contribution in [0.25, 0.3) is 0 Å². The van der Waals surface area contributed by atoms with Crippen molar-refractivity contribution in [1.29, 1.82) is 0 Å². The Morgan fingerprint density at radius 2 is 1.93 bits per heavy atom. The van der Waals surface area contributed by atoms with E-state index in [2.05, 4.69) is 20.6 Å². The second-order valence-electron chi connectivity index (χ2n) is 5.92. The minimum atomic E-state index is 0. The predicted molar refractivity (Wildman–Crippen MR) is 117 cm³/mol. The van der Waals surface area contributed by atoms with E-state index in [-0.39, 0.29) is 36.4 Å². The number of halogens is 1. The number of rotatable bonds is 7. The lowest BCUT2D eigenvalue weighted by Crippen LogP contribution is -2.44. The quantitative estimate of drug-likeness (QED) is 0.358. The molecule has 0 saturated heterocycles. The van der Waals surface area contributed by atoms with Gasteiger partial charge in [-0.2, -0.15) is 0 Å². The first-order valence-corrected chi connectivity index (χ1v) is 8.72. The second kappa shape index (κ2) is 11.6. The van der Waals surface area contributed by atoms with Crippen molar-refractivity contribution in [2.45, 2.75) is 33.9 Å². The minimum absolute atomic E-state index is 0. The number of carbonyl (C=O) groups excluding carboxylic acids is 1. The Morgan fingerprint density at radius 1 is 1.22 bits per heavy atom. The second-order valence-corrected chi connectivity index (χ2v) is 5.92. The van der Waals surface area contributed by atoms with Gasteiger partial charge in [-0.15, -0.1) is 24.0 Å². The van der Waals surface area contributed by atoms with Gasteiger partial charge in [0.2, 0.25) is 11.8 Å². The zero-order valence-electron chi connectivity index (χ0n) is 16.3. The van der Waals surface area contributed by atoms with E-state index in [1.54, 1.807) is 11.9 Å². The maximum Gasteiger partial charge on any atom is 0.242 e. The summed E-state index contributed by atoms with van der Waals surface area (Å²) in [5, 5.41) is 6.14. The fourth-order valence-electron chi connectivity index (χ4n) is 2.45. The third kappa shape index (κ3) is 7.20. The minimum Gasteiger partial charge on any atom is -0.444 e. The standard InChI is InChI=1S/C19H27N5O2.HI/c1-5-24(13-16-9-7-6-8-10-16)18(25)12-22-19(20-4)21-11-17-23-14(2)15(3)26-17;/h6-10H,5,11-13H2,1-4H3,(H2,20,21,22);1H. The molecule has 1 aromatic heterocycles. The highest BCUT2D eigenvalue weighted by molar-refractivity contribution is 14.0. The van der Waals surface area contributed by atoms with Crippen LogP contribution in [0.5, 0.6) is 0 Å². The molecular formula is C19H28IN5O2. The summed E-state index contributed by atoms with van der Waals surface area (Å²) < 4.78 is 5.53. The highest BCUT2D eigenvalue weighted by Gasteiger charge is 2.13. The van der Waals surface area contributed by atoms with Crippen LogP contribution in [-0.4, -0.2) is 41.9 Å². The molecule has 1 amide bonds. The van der Waals surface area contributed by atoms with Gasteiger partial charge in [-0.05, 0) is 26.3 Å². The summed E-state index contributed by atoms with van der Waals surface area (Å²) in [5.74, 6) is 1.94. The van der Waals surface area contributed by atoms with Crippen LogP contribution < -0.4 is 10.6 Å². The van der Waals surface area contributed by atoms with Gasteiger partial charge >= 0.3 is 0 Å². The molecule has 0 fully saturated rings. The molecule has 0 atom stereocenters. The van der Waals surface area contributed by atoms with E-state index < -0.39 is 0 Å². The zero-order valence-corrected chi connectivity index (χ0v) is 18.6. The Bertz CT molecular complexity index is 726. The summed E-state index contributed by atoms with van der Waals surface area (Å²) in [6, 6.07) is 9.96. The number of aryl methyl sites for hydroxylation is 2. The lowest BCUT2D eigenvalue weighted by molar-refractivity contribution is -0.130. The van der Waals surface area contributed by atoms with Gasteiger partial charge in [-0.25, -0.2) is 4.98 Å². The molecule has 148 valence electrons. The molecule has 7 nitrogen and oxygen atoms in total. The largest absolute Gasteiger partial charge is 0.444 e. The molecule has 0 bridgehead atoms. The van der Waals surface area contributed by atoms with Crippen LogP contribution in [0.4, 0.5) is 0 Å². The summed E-state index contributed by atoms with van der Waals surface area (Å²) in [5.41, 5.74) is 1.99. The van der Waals surface area contributed by atoms with E-state index in [9.17, 15) is 4.79 Å². The lowest BCUT2D eigenvalue weighted by atomic mass is 10.2. The van der Waals surface area contributed by atoms with Crippen LogP contribution in [0.2, 0.25) is 0 Å². The first kappa shape index (κ1) is 22.9. The normalized spacial score (nSPS) is 10.9. The van der Waals surface area contributed by atoms with Gasteiger partial charge in [-0.1, -0.05) is 30.3 Å². The number of amides is 1. The summed E-state index contributed by atoms with van der Waals surface area (Å²) >= 11 is 0. The molecule has 1 heterocycles. The van der Waals surface area contributed by atoms with Crippen molar-refractivity contribution in [3.8, 4) is 0 Å². The average Bonchev–Trinajstić information content (AvgIpc) is 2.98. The van der Waals surface area contributed by atoms with Crippen LogP contribution in [0.3, 0.4) is 0 Å². The first-order chi connectivity index (χ1) is 12.5. The maximum absolute atomic E-state index is 12.5. The van der Waals surface area contributed by atoms with E-state index in [1.807, 2.05) is 51.1 Å². The smallest absolute Gasteiger partial charge is 0.242 e. The van der Waals surface area contributed by atoms with Crippen LogP contribution in [0.15, 0.2) is 39.7 Å². The highest BCUT2D eigenvalue weighted by Crippen LogP contribution is 2.07. The Morgan fingerprint density at radius 3 is 2.48 bits per heavy atom. The number of aromatic nitrogens is 1. The molecule has 2 rings (SSSR count). The molecule has 0 aliphatic carbocycles. The van der Waals surface area contributed by atoms with Crippen molar-refractivity contribution < 1.29 is 9.21 Å². The van der Waals surface area contributed by atoms with Crippen LogP contribution >= 0.6 is 24.0 Å². The average molecular weight is 485 g/mol. The third-order valence-electron chi connectivity index (χ3n) is 4.06. The molecule has 27 heavy (non-hydrogen) atoms. The molecule has 0 radical (unpaired) electrons. The van der Waals surface area contributed by atoms with Gasteiger partial charge in [0.05, 0.1) is 18.8 Å². The number of guanidine groups is 1. The molecule has 1 aromatic carbocycles. The van der Waals surface area contributed by atoms with E-state index in [0.29, 0.717) is 31.5 Å². The van der Waals surface area contributed by atoms with Gasteiger partial charge in [0.1, 0.15) is 5.76 Å². The van der Waals surface area contributed by atoms with Gasteiger partial charge in [-0.3, -0.25) is 9.79 Å². The van der Waals surface area contributed by atoms with E-state index in [0.717, 1.165) is 17.0 Å². The van der Waals surface area contributed by atoms with Crippen molar-refractivity contribution in [2.75, 3.05) is 20.1 Å². The van der Waals surface area contributed by atoms with Crippen molar-refractivity contribution in [2.24, 2.45) is 4.99 Å². The number of hydrogen-bond acceptors (Lipinski definition) is 4. The number of oxazole rings is 1. The number of benzene rings is 1. The highest BCUT2D eigenvalue weighted by atomic mass is 127.